The number of aromatic nitrogens is 4. The van der Waals surface area contributed by atoms with Gasteiger partial charge in [0, 0.05) is 44.3 Å². The van der Waals surface area contributed by atoms with Gasteiger partial charge in [0.25, 0.3) is 0 Å². The molecular weight excluding hydrogens is 633 g/mol. The van der Waals surface area contributed by atoms with Crippen LogP contribution in [0, 0.1) is 24.7 Å². The van der Waals surface area contributed by atoms with Gasteiger partial charge in [-0.2, -0.15) is 0 Å². The summed E-state index contributed by atoms with van der Waals surface area (Å²) >= 11 is 0. The molecule has 2 aliphatic heterocycles. The molecule has 52 heavy (non-hydrogen) atoms. The van der Waals surface area contributed by atoms with E-state index in [9.17, 15) is 0 Å². The summed E-state index contributed by atoms with van der Waals surface area (Å²) in [4.78, 5) is 18.3. The van der Waals surface area contributed by atoms with Gasteiger partial charge in [0.05, 0.1) is 33.9 Å². The second kappa shape index (κ2) is 12.8. The fourth-order valence-electron chi connectivity index (χ4n) is 7.26. The molecule has 4 nitrogen and oxygen atoms in total. The Balaban J connectivity index is 1.55. The Kier molecular flexibility index (Phi) is 7.55. The van der Waals surface area contributed by atoms with E-state index < -0.39 is 0 Å². The van der Waals surface area contributed by atoms with Gasteiger partial charge in [-0.3, -0.25) is 0 Å². The van der Waals surface area contributed by atoms with E-state index in [-0.39, 0.29) is 0 Å². The molecule has 9 rings (SSSR count). The number of fused-ring (bicyclic) bond motifs is 8. The van der Waals surface area contributed by atoms with Crippen molar-refractivity contribution in [2.24, 2.45) is 0 Å². The highest BCUT2D eigenvalue weighted by Crippen LogP contribution is 2.42. The fourth-order valence-corrected chi connectivity index (χ4v) is 7.26. The second-order valence-electron chi connectivity index (χ2n) is 12.6. The summed E-state index contributed by atoms with van der Waals surface area (Å²) in [6, 6.07) is 49.5. The molecule has 0 amide bonds. The highest BCUT2D eigenvalue weighted by molar-refractivity contribution is 6.12. The summed E-state index contributed by atoms with van der Waals surface area (Å²) in [5.41, 5.74) is 15.4. The number of hydrogen-bond donors (Lipinski definition) is 2. The average molecular weight is 663 g/mol. The van der Waals surface area contributed by atoms with Crippen LogP contribution in [0.3, 0.4) is 0 Å². The van der Waals surface area contributed by atoms with Gasteiger partial charge in [0.2, 0.25) is 0 Å². The largest absolute Gasteiger partial charge is 0.354 e. The SMILES string of the molecule is C#CC1=C(C#C)c2nc1c(-c1ccccc1)c1ccc([nH]1)c(-c1ccccc1)c1nc(c(-c3ccccc3)c3ccc([nH]3)c2-c2ccccc2)C=C1. The van der Waals surface area contributed by atoms with E-state index in [1.54, 1.807) is 0 Å². The van der Waals surface area contributed by atoms with Gasteiger partial charge in [-0.05, 0) is 58.7 Å². The molecule has 3 aromatic heterocycles. The molecule has 0 saturated carbocycles. The minimum absolute atomic E-state index is 0.572. The van der Waals surface area contributed by atoms with Crippen LogP contribution in [0.1, 0.15) is 22.8 Å². The minimum Gasteiger partial charge on any atom is -0.354 e. The lowest BCUT2D eigenvalue weighted by molar-refractivity contribution is 1.30. The van der Waals surface area contributed by atoms with Crippen LogP contribution in [-0.4, -0.2) is 19.9 Å². The monoisotopic (exact) mass is 662 g/mol. The molecule has 0 radical (unpaired) electrons. The molecule has 242 valence electrons. The summed E-state index contributed by atoms with van der Waals surface area (Å²) in [5, 5.41) is 0. The number of benzene rings is 4. The van der Waals surface area contributed by atoms with Gasteiger partial charge in [-0.15, -0.1) is 12.8 Å². The fraction of sp³-hybridized carbons (Fsp3) is 0. The van der Waals surface area contributed by atoms with E-state index in [0.29, 0.717) is 22.5 Å². The third-order valence-electron chi connectivity index (χ3n) is 9.56. The van der Waals surface area contributed by atoms with Gasteiger partial charge < -0.3 is 9.97 Å². The lowest BCUT2D eigenvalue weighted by Gasteiger charge is -2.07. The molecule has 5 heterocycles. The van der Waals surface area contributed by atoms with Crippen molar-refractivity contribution >= 4 is 45.4 Å². The molecule has 4 aromatic carbocycles. The molecule has 2 N–H and O–H groups in total. The summed E-state index contributed by atoms with van der Waals surface area (Å²) < 4.78 is 0. The van der Waals surface area contributed by atoms with Gasteiger partial charge in [0.15, 0.2) is 0 Å². The Morgan fingerprint density at radius 1 is 0.365 bits per heavy atom. The molecule has 0 aliphatic carbocycles. The van der Waals surface area contributed by atoms with Crippen LogP contribution in [-0.2, 0) is 0 Å². The van der Waals surface area contributed by atoms with Crippen molar-refractivity contribution in [1.82, 2.24) is 19.9 Å². The first-order valence-electron chi connectivity index (χ1n) is 17.1. The normalized spacial score (nSPS) is 12.0. The maximum absolute atomic E-state index is 6.36. The molecule has 2 aliphatic rings. The van der Waals surface area contributed by atoms with E-state index in [4.69, 9.17) is 22.8 Å². The molecule has 4 heteroatoms. The first kappa shape index (κ1) is 30.6. The molecule has 0 fully saturated rings. The predicted octanol–water partition coefficient (Wildman–Crippen LogP) is 11.3. The lowest BCUT2D eigenvalue weighted by atomic mass is 9.96. The van der Waals surface area contributed by atoms with Gasteiger partial charge >= 0.3 is 0 Å². The topological polar surface area (TPSA) is 57.4 Å². The Bertz CT molecular complexity index is 2630. The van der Waals surface area contributed by atoms with Crippen molar-refractivity contribution in [3.05, 3.63) is 168 Å². The number of terminal acetylenes is 2. The molecule has 0 saturated heterocycles. The Morgan fingerprint density at radius 3 is 1.00 bits per heavy atom. The molecule has 8 bridgehead atoms. The van der Waals surface area contributed by atoms with Gasteiger partial charge in [0.1, 0.15) is 0 Å². The summed E-state index contributed by atoms with van der Waals surface area (Å²) in [5.74, 6) is 5.91. The van der Waals surface area contributed by atoms with Crippen molar-refractivity contribution < 1.29 is 0 Å². The van der Waals surface area contributed by atoms with E-state index in [2.05, 4.69) is 131 Å². The smallest absolute Gasteiger partial charge is 0.0906 e. The zero-order valence-electron chi connectivity index (χ0n) is 28.1. The minimum atomic E-state index is 0.572. The standard InChI is InChI=1S/C48H30N4/c1-3-35-36(4-2)48-46(34-23-15-8-16-24-34)42-30-28-40(51-42)44(32-19-11-6-12-20-32)38-26-25-37(49-38)43(31-17-9-5-10-18-31)39-27-29-41(50-39)45(47(35)52-48)33-21-13-7-14-22-33/h1-2,5-30,50-51H. The second-order valence-corrected chi connectivity index (χ2v) is 12.6. The molecule has 0 unspecified atom stereocenters. The van der Waals surface area contributed by atoms with Crippen LogP contribution in [0.4, 0.5) is 0 Å². The first-order valence-corrected chi connectivity index (χ1v) is 17.1. The van der Waals surface area contributed by atoms with Gasteiger partial charge in [-0.1, -0.05) is 133 Å². The Morgan fingerprint density at radius 2 is 0.673 bits per heavy atom. The average Bonchev–Trinajstić information content (AvgIpc) is 4.03. The maximum Gasteiger partial charge on any atom is 0.0906 e. The maximum atomic E-state index is 6.36. The van der Waals surface area contributed by atoms with E-state index in [0.717, 1.165) is 78.0 Å². The predicted molar refractivity (Wildman–Crippen MR) is 216 cm³/mol. The Hall–Kier alpha value is -7.40. The highest BCUT2D eigenvalue weighted by atomic mass is 14.8. The van der Waals surface area contributed by atoms with Crippen LogP contribution in [0.2, 0.25) is 0 Å². The Labute approximate surface area is 301 Å². The number of nitrogens with zero attached hydrogens (tertiary/aromatic N) is 2. The molecule has 7 aromatic rings. The van der Waals surface area contributed by atoms with Crippen LogP contribution in [0.15, 0.2) is 146 Å². The summed E-state index contributed by atoms with van der Waals surface area (Å²) in [7, 11) is 0. The summed E-state index contributed by atoms with van der Waals surface area (Å²) in [6.07, 6.45) is 16.9. The van der Waals surface area contributed by atoms with Crippen LogP contribution in [0.5, 0.6) is 0 Å². The van der Waals surface area contributed by atoms with Crippen molar-refractivity contribution in [1.29, 1.82) is 0 Å². The van der Waals surface area contributed by atoms with Crippen molar-refractivity contribution in [3.8, 4) is 69.2 Å². The highest BCUT2D eigenvalue weighted by Gasteiger charge is 2.26. The van der Waals surface area contributed by atoms with Crippen LogP contribution >= 0.6 is 0 Å². The van der Waals surface area contributed by atoms with E-state index >= 15 is 0 Å². The lowest BCUT2D eigenvalue weighted by Crippen LogP contribution is -1.90. The van der Waals surface area contributed by atoms with Gasteiger partial charge in [-0.25, -0.2) is 9.97 Å². The first-order chi connectivity index (χ1) is 25.7. The number of hydrogen-bond acceptors (Lipinski definition) is 2. The number of nitrogens with one attached hydrogen (secondary N) is 2. The number of H-pyrrole nitrogens is 2. The van der Waals surface area contributed by atoms with Crippen molar-refractivity contribution in [2.75, 3.05) is 0 Å². The van der Waals surface area contributed by atoms with Crippen LogP contribution in [0.25, 0.3) is 89.9 Å². The molecular formula is C48H30N4. The quantitative estimate of drug-likeness (QED) is 0.184. The van der Waals surface area contributed by atoms with Crippen molar-refractivity contribution in [2.45, 2.75) is 0 Å². The summed E-state index contributed by atoms with van der Waals surface area (Å²) in [6.45, 7) is 0. The zero-order chi connectivity index (χ0) is 35.0. The number of rotatable bonds is 4. The third kappa shape index (κ3) is 5.15. The third-order valence-corrected chi connectivity index (χ3v) is 9.56. The van der Waals surface area contributed by atoms with E-state index in [1.807, 2.05) is 48.5 Å². The van der Waals surface area contributed by atoms with Crippen molar-refractivity contribution in [3.63, 3.8) is 0 Å². The molecule has 0 atom stereocenters. The molecule has 0 spiro atoms. The van der Waals surface area contributed by atoms with E-state index in [1.165, 1.54) is 0 Å². The number of allylic oxidation sites excluding steroid dienone is 2. The number of aromatic amines is 2. The van der Waals surface area contributed by atoms with Crippen LogP contribution < -0.4 is 0 Å². The zero-order valence-corrected chi connectivity index (χ0v) is 28.1.